The van der Waals surface area contributed by atoms with Crippen LogP contribution in [0, 0.1) is 0 Å². The number of thiazole rings is 1. The molecule has 0 aliphatic carbocycles. The second kappa shape index (κ2) is 10.0. The molecule has 0 spiro atoms. The van der Waals surface area contributed by atoms with Crippen molar-refractivity contribution in [2.45, 2.75) is 25.7 Å². The summed E-state index contributed by atoms with van der Waals surface area (Å²) in [6.07, 6.45) is 4.64. The van der Waals surface area contributed by atoms with Crippen LogP contribution in [-0.2, 0) is 11.2 Å². The fraction of sp³-hybridized carbons (Fsp3) is 0.524. The van der Waals surface area contributed by atoms with E-state index in [0.717, 1.165) is 67.7 Å². The minimum Gasteiger partial charge on any atom is -0.379 e. The monoisotopic (exact) mass is 478 g/mol. The standard InChI is InChI=1S/C21H27BrN4O2S/c22-21-24-18(15-29-21)20(27)23-17-14-16(6-9-25-10-12-28-13-11-25)4-5-19(17)26-7-2-1-3-8-26/h4-5,14-15H,1-3,6-13H2,(H,23,27). The van der Waals surface area contributed by atoms with Crippen molar-refractivity contribution in [1.29, 1.82) is 0 Å². The molecule has 1 N–H and O–H groups in total. The van der Waals surface area contributed by atoms with E-state index in [2.05, 4.69) is 54.2 Å². The predicted molar refractivity (Wildman–Crippen MR) is 121 cm³/mol. The summed E-state index contributed by atoms with van der Waals surface area (Å²) in [5.41, 5.74) is 3.69. The number of nitrogens with one attached hydrogen (secondary N) is 1. The smallest absolute Gasteiger partial charge is 0.275 e. The van der Waals surface area contributed by atoms with Crippen LogP contribution < -0.4 is 10.2 Å². The molecular formula is C21H27BrN4O2S. The Morgan fingerprint density at radius 2 is 1.97 bits per heavy atom. The zero-order valence-electron chi connectivity index (χ0n) is 16.5. The Morgan fingerprint density at radius 1 is 1.17 bits per heavy atom. The Bertz CT molecular complexity index is 832. The number of carbonyl (C=O) groups is 1. The van der Waals surface area contributed by atoms with Gasteiger partial charge in [-0.2, -0.15) is 0 Å². The molecule has 0 atom stereocenters. The van der Waals surface area contributed by atoms with Gasteiger partial charge in [-0.3, -0.25) is 9.69 Å². The molecule has 29 heavy (non-hydrogen) atoms. The van der Waals surface area contributed by atoms with Crippen molar-refractivity contribution >= 4 is 44.5 Å². The zero-order valence-corrected chi connectivity index (χ0v) is 18.9. The minimum atomic E-state index is -0.157. The van der Waals surface area contributed by atoms with Crippen molar-refractivity contribution < 1.29 is 9.53 Å². The first-order chi connectivity index (χ1) is 14.2. The maximum atomic E-state index is 12.8. The van der Waals surface area contributed by atoms with E-state index in [1.165, 1.54) is 36.2 Å². The average Bonchev–Trinajstić information content (AvgIpc) is 3.20. The third kappa shape index (κ3) is 5.57. The van der Waals surface area contributed by atoms with Crippen molar-refractivity contribution in [2.75, 3.05) is 56.2 Å². The van der Waals surface area contributed by atoms with Crippen molar-refractivity contribution in [3.05, 3.63) is 38.8 Å². The number of halogens is 1. The second-order valence-electron chi connectivity index (χ2n) is 7.54. The molecule has 2 aliphatic rings. The summed E-state index contributed by atoms with van der Waals surface area (Å²) in [5, 5.41) is 4.90. The number of nitrogens with zero attached hydrogens (tertiary/aromatic N) is 3. The summed E-state index contributed by atoms with van der Waals surface area (Å²) >= 11 is 4.76. The number of hydrogen-bond donors (Lipinski definition) is 1. The lowest BCUT2D eigenvalue weighted by atomic mass is 10.1. The van der Waals surface area contributed by atoms with Gasteiger partial charge in [0, 0.05) is 38.1 Å². The largest absolute Gasteiger partial charge is 0.379 e. The van der Waals surface area contributed by atoms with Crippen molar-refractivity contribution in [3.8, 4) is 0 Å². The van der Waals surface area contributed by atoms with E-state index in [1.54, 1.807) is 5.38 Å². The lowest BCUT2D eigenvalue weighted by molar-refractivity contribution is 0.0384. The molecule has 1 aromatic carbocycles. The van der Waals surface area contributed by atoms with Crippen LogP contribution in [0.4, 0.5) is 11.4 Å². The molecule has 0 saturated carbocycles. The van der Waals surface area contributed by atoms with E-state index in [1.807, 2.05) is 0 Å². The van der Waals surface area contributed by atoms with E-state index >= 15 is 0 Å². The lowest BCUT2D eigenvalue weighted by Gasteiger charge is -2.31. The van der Waals surface area contributed by atoms with Gasteiger partial charge in [0.15, 0.2) is 3.92 Å². The summed E-state index contributed by atoms with van der Waals surface area (Å²) in [4.78, 5) is 21.8. The summed E-state index contributed by atoms with van der Waals surface area (Å²) in [5.74, 6) is -0.157. The molecule has 3 heterocycles. The zero-order chi connectivity index (χ0) is 20.1. The fourth-order valence-electron chi connectivity index (χ4n) is 3.90. The van der Waals surface area contributed by atoms with E-state index in [-0.39, 0.29) is 5.91 Å². The Kier molecular flexibility index (Phi) is 7.18. The van der Waals surface area contributed by atoms with Gasteiger partial charge in [0.1, 0.15) is 5.69 Å². The summed E-state index contributed by atoms with van der Waals surface area (Å²) < 4.78 is 6.16. The minimum absolute atomic E-state index is 0.157. The Morgan fingerprint density at radius 3 is 2.69 bits per heavy atom. The summed E-state index contributed by atoms with van der Waals surface area (Å²) in [6, 6.07) is 6.52. The van der Waals surface area contributed by atoms with E-state index < -0.39 is 0 Å². The topological polar surface area (TPSA) is 57.7 Å². The number of morpholine rings is 1. The Hall–Kier alpha value is -1.48. The molecular weight excluding hydrogens is 452 g/mol. The molecule has 2 aliphatic heterocycles. The van der Waals surface area contributed by atoms with Crippen LogP contribution in [-0.4, -0.2) is 61.7 Å². The Balaban J connectivity index is 1.51. The maximum Gasteiger partial charge on any atom is 0.275 e. The number of rotatable bonds is 6. The number of ether oxygens (including phenoxy) is 1. The Labute approximate surface area is 184 Å². The van der Waals surface area contributed by atoms with Gasteiger partial charge in [-0.25, -0.2) is 4.98 Å². The first-order valence-electron chi connectivity index (χ1n) is 10.3. The molecule has 1 aromatic heterocycles. The molecule has 0 radical (unpaired) electrons. The van der Waals surface area contributed by atoms with Crippen LogP contribution in [0.15, 0.2) is 27.5 Å². The highest BCUT2D eigenvalue weighted by Gasteiger charge is 2.19. The van der Waals surface area contributed by atoms with Crippen LogP contribution in [0.25, 0.3) is 0 Å². The number of benzene rings is 1. The van der Waals surface area contributed by atoms with Gasteiger partial charge in [0.25, 0.3) is 5.91 Å². The summed E-state index contributed by atoms with van der Waals surface area (Å²) in [6.45, 7) is 6.72. The normalized spacial score (nSPS) is 18.0. The predicted octanol–water partition coefficient (Wildman–Crippen LogP) is 4.02. The van der Waals surface area contributed by atoms with E-state index in [0.29, 0.717) is 5.69 Å². The molecule has 0 bridgehead atoms. The van der Waals surface area contributed by atoms with Gasteiger partial charge < -0.3 is 15.0 Å². The highest BCUT2D eigenvalue weighted by Crippen LogP contribution is 2.30. The molecule has 6 nitrogen and oxygen atoms in total. The van der Waals surface area contributed by atoms with Gasteiger partial charge in [-0.1, -0.05) is 6.07 Å². The van der Waals surface area contributed by atoms with Gasteiger partial charge in [-0.05, 0) is 59.3 Å². The van der Waals surface area contributed by atoms with Crippen LogP contribution >= 0.6 is 27.3 Å². The van der Waals surface area contributed by atoms with Gasteiger partial charge in [-0.15, -0.1) is 11.3 Å². The van der Waals surface area contributed by atoms with Crippen molar-refractivity contribution in [3.63, 3.8) is 0 Å². The van der Waals surface area contributed by atoms with E-state index in [9.17, 15) is 4.79 Å². The SMILES string of the molecule is O=C(Nc1cc(CCN2CCOCC2)ccc1N1CCCCC1)c1csc(Br)n1. The molecule has 1 amide bonds. The third-order valence-electron chi connectivity index (χ3n) is 5.54. The first kappa shape index (κ1) is 20.8. The molecule has 8 heteroatoms. The number of anilines is 2. The molecule has 4 rings (SSSR count). The lowest BCUT2D eigenvalue weighted by Crippen LogP contribution is -2.37. The highest BCUT2D eigenvalue weighted by molar-refractivity contribution is 9.11. The molecule has 156 valence electrons. The number of hydrogen-bond acceptors (Lipinski definition) is 6. The van der Waals surface area contributed by atoms with Gasteiger partial charge in [0.2, 0.25) is 0 Å². The molecule has 2 aromatic rings. The van der Waals surface area contributed by atoms with Crippen LogP contribution in [0.2, 0.25) is 0 Å². The van der Waals surface area contributed by atoms with Crippen molar-refractivity contribution in [1.82, 2.24) is 9.88 Å². The second-order valence-corrected chi connectivity index (χ2v) is 9.68. The van der Waals surface area contributed by atoms with Gasteiger partial charge >= 0.3 is 0 Å². The van der Waals surface area contributed by atoms with Gasteiger partial charge in [0.05, 0.1) is 24.6 Å². The number of aromatic nitrogens is 1. The maximum absolute atomic E-state index is 12.8. The fourth-order valence-corrected chi connectivity index (χ4v) is 4.89. The van der Waals surface area contributed by atoms with Crippen molar-refractivity contribution in [2.24, 2.45) is 0 Å². The molecule has 2 fully saturated rings. The van der Waals surface area contributed by atoms with Crippen LogP contribution in [0.5, 0.6) is 0 Å². The quantitative estimate of drug-likeness (QED) is 0.679. The molecule has 0 unspecified atom stereocenters. The first-order valence-corrected chi connectivity index (χ1v) is 12.0. The van der Waals surface area contributed by atoms with Crippen LogP contribution in [0.3, 0.4) is 0 Å². The third-order valence-corrected chi connectivity index (χ3v) is 6.90. The average molecular weight is 479 g/mol. The number of carbonyl (C=O) groups excluding carboxylic acids is 1. The number of amides is 1. The molecule has 2 saturated heterocycles. The van der Waals surface area contributed by atoms with Crippen LogP contribution in [0.1, 0.15) is 35.3 Å². The highest BCUT2D eigenvalue weighted by atomic mass is 79.9. The number of piperidine rings is 1. The summed E-state index contributed by atoms with van der Waals surface area (Å²) in [7, 11) is 0. The van der Waals surface area contributed by atoms with E-state index in [4.69, 9.17) is 4.74 Å².